The molecule has 0 radical (unpaired) electrons. The van der Waals surface area contributed by atoms with E-state index in [-0.39, 0.29) is 0 Å². The van der Waals surface area contributed by atoms with Gasteiger partial charge in [-0.2, -0.15) is 0 Å². The van der Waals surface area contributed by atoms with Gasteiger partial charge in [0.15, 0.2) is 23.0 Å². The molecule has 5 nitrogen and oxygen atoms in total. The van der Waals surface area contributed by atoms with Crippen molar-refractivity contribution in [2.45, 2.75) is 0 Å². The van der Waals surface area contributed by atoms with Gasteiger partial charge in [0.2, 0.25) is 0 Å². The second kappa shape index (κ2) is 4.52. The van der Waals surface area contributed by atoms with Crippen molar-refractivity contribution in [2.75, 3.05) is 19.5 Å². The van der Waals surface area contributed by atoms with E-state index >= 15 is 0 Å². The van der Waals surface area contributed by atoms with Crippen molar-refractivity contribution in [3.05, 3.63) is 23.1 Å². The fourth-order valence-electron chi connectivity index (χ4n) is 1.37. The van der Waals surface area contributed by atoms with E-state index in [1.54, 1.807) is 26.5 Å². The summed E-state index contributed by atoms with van der Waals surface area (Å²) >= 11 is 3.38. The zero-order chi connectivity index (χ0) is 11.5. The van der Waals surface area contributed by atoms with E-state index in [1.165, 1.54) is 6.33 Å². The molecule has 2 aromatic rings. The SMILES string of the molecule is CNc1ncnc(-c2occc2Br)c1OC. The lowest BCUT2D eigenvalue weighted by atomic mass is 10.3. The summed E-state index contributed by atoms with van der Waals surface area (Å²) in [6.07, 6.45) is 3.04. The average molecular weight is 284 g/mol. The van der Waals surface area contributed by atoms with Crippen molar-refractivity contribution < 1.29 is 9.15 Å². The fourth-order valence-corrected chi connectivity index (χ4v) is 1.76. The predicted molar refractivity (Wildman–Crippen MR) is 63.5 cm³/mol. The van der Waals surface area contributed by atoms with Gasteiger partial charge in [0.25, 0.3) is 0 Å². The predicted octanol–water partition coefficient (Wildman–Crippen LogP) is 2.55. The molecule has 0 saturated heterocycles. The van der Waals surface area contributed by atoms with Gasteiger partial charge in [0.05, 0.1) is 17.8 Å². The van der Waals surface area contributed by atoms with Crippen LogP contribution in [0.4, 0.5) is 5.82 Å². The molecule has 2 heterocycles. The van der Waals surface area contributed by atoms with Crippen LogP contribution >= 0.6 is 15.9 Å². The molecule has 2 rings (SSSR count). The number of hydrogen-bond acceptors (Lipinski definition) is 5. The zero-order valence-corrected chi connectivity index (χ0v) is 10.4. The first-order valence-electron chi connectivity index (χ1n) is 4.58. The third kappa shape index (κ3) is 1.76. The van der Waals surface area contributed by atoms with Crippen LogP contribution in [0.25, 0.3) is 11.5 Å². The van der Waals surface area contributed by atoms with Crippen LogP contribution in [0.2, 0.25) is 0 Å². The molecule has 0 bridgehead atoms. The van der Waals surface area contributed by atoms with Gasteiger partial charge in [-0.1, -0.05) is 0 Å². The van der Waals surface area contributed by atoms with Crippen molar-refractivity contribution in [1.29, 1.82) is 0 Å². The number of rotatable bonds is 3. The summed E-state index contributed by atoms with van der Waals surface area (Å²) in [6, 6.07) is 1.80. The molecule has 0 fully saturated rings. The standard InChI is InChI=1S/C10H10BrN3O2/c1-12-10-9(15-2)7(13-5-14-10)8-6(11)3-4-16-8/h3-5H,1-2H3,(H,12,13,14). The van der Waals surface area contributed by atoms with Gasteiger partial charge in [-0.05, 0) is 22.0 Å². The highest BCUT2D eigenvalue weighted by Gasteiger charge is 2.17. The number of anilines is 1. The van der Waals surface area contributed by atoms with Crippen LogP contribution in [0.3, 0.4) is 0 Å². The molecule has 16 heavy (non-hydrogen) atoms. The van der Waals surface area contributed by atoms with Crippen LogP contribution in [0.15, 0.2) is 27.5 Å². The minimum absolute atomic E-state index is 0.556. The van der Waals surface area contributed by atoms with Gasteiger partial charge < -0.3 is 14.5 Å². The van der Waals surface area contributed by atoms with Gasteiger partial charge in [0.1, 0.15) is 6.33 Å². The third-order valence-corrected chi connectivity index (χ3v) is 2.70. The first kappa shape index (κ1) is 10.9. The number of nitrogens with one attached hydrogen (secondary N) is 1. The average Bonchev–Trinajstić information content (AvgIpc) is 2.74. The maximum atomic E-state index is 5.35. The second-order valence-electron chi connectivity index (χ2n) is 2.95. The number of nitrogens with zero attached hydrogens (tertiary/aromatic N) is 2. The lowest BCUT2D eigenvalue weighted by molar-refractivity contribution is 0.412. The van der Waals surface area contributed by atoms with E-state index < -0.39 is 0 Å². The Morgan fingerprint density at radius 3 is 2.81 bits per heavy atom. The van der Waals surface area contributed by atoms with Gasteiger partial charge in [-0.15, -0.1) is 0 Å². The van der Waals surface area contributed by atoms with Crippen molar-refractivity contribution in [3.63, 3.8) is 0 Å². The molecule has 0 spiro atoms. The van der Waals surface area contributed by atoms with Crippen molar-refractivity contribution in [3.8, 4) is 17.2 Å². The molecule has 1 N–H and O–H groups in total. The Morgan fingerprint density at radius 2 is 2.25 bits per heavy atom. The van der Waals surface area contributed by atoms with Gasteiger partial charge in [-0.25, -0.2) is 9.97 Å². The molecule has 0 unspecified atom stereocenters. The number of hydrogen-bond donors (Lipinski definition) is 1. The summed E-state index contributed by atoms with van der Waals surface area (Å²) in [7, 11) is 3.34. The van der Waals surface area contributed by atoms with Crippen LogP contribution < -0.4 is 10.1 Å². The van der Waals surface area contributed by atoms with Crippen molar-refractivity contribution in [1.82, 2.24) is 9.97 Å². The summed E-state index contributed by atoms with van der Waals surface area (Å²) in [5.41, 5.74) is 0.610. The first-order chi connectivity index (χ1) is 7.77. The first-order valence-corrected chi connectivity index (χ1v) is 5.37. The van der Waals surface area contributed by atoms with Crippen LogP contribution in [-0.4, -0.2) is 24.1 Å². The van der Waals surface area contributed by atoms with E-state index in [0.717, 1.165) is 4.47 Å². The number of furan rings is 1. The summed E-state index contributed by atoms with van der Waals surface area (Å²) in [5, 5.41) is 2.94. The monoisotopic (exact) mass is 283 g/mol. The van der Waals surface area contributed by atoms with Crippen LogP contribution in [-0.2, 0) is 0 Å². The largest absolute Gasteiger partial charge is 0.491 e. The van der Waals surface area contributed by atoms with Gasteiger partial charge >= 0.3 is 0 Å². The molecule has 0 aliphatic rings. The molecule has 0 aliphatic heterocycles. The van der Waals surface area contributed by atoms with Crippen LogP contribution in [0, 0.1) is 0 Å². The normalized spacial score (nSPS) is 10.2. The Morgan fingerprint density at radius 1 is 1.44 bits per heavy atom. The maximum absolute atomic E-state index is 5.35. The van der Waals surface area contributed by atoms with E-state index in [0.29, 0.717) is 23.0 Å². The molecule has 6 heteroatoms. The summed E-state index contributed by atoms with van der Waals surface area (Å²) < 4.78 is 11.5. The topological polar surface area (TPSA) is 60.2 Å². The van der Waals surface area contributed by atoms with Gasteiger partial charge in [0, 0.05) is 7.05 Å². The number of aromatic nitrogens is 2. The smallest absolute Gasteiger partial charge is 0.190 e. The molecular formula is C10H10BrN3O2. The highest BCUT2D eigenvalue weighted by Crippen LogP contribution is 2.36. The Kier molecular flexibility index (Phi) is 3.09. The van der Waals surface area contributed by atoms with Crippen LogP contribution in [0.1, 0.15) is 0 Å². The lowest BCUT2D eigenvalue weighted by Crippen LogP contribution is -2.00. The van der Waals surface area contributed by atoms with E-state index in [9.17, 15) is 0 Å². The third-order valence-electron chi connectivity index (χ3n) is 2.08. The molecule has 84 valence electrons. The molecule has 0 aliphatic carbocycles. The molecule has 0 aromatic carbocycles. The molecule has 0 amide bonds. The van der Waals surface area contributed by atoms with E-state index in [1.807, 2.05) is 0 Å². The summed E-state index contributed by atoms with van der Waals surface area (Å²) in [4.78, 5) is 8.23. The molecule has 2 aromatic heterocycles. The van der Waals surface area contributed by atoms with Crippen molar-refractivity contribution in [2.24, 2.45) is 0 Å². The maximum Gasteiger partial charge on any atom is 0.190 e. The Labute approximate surface area is 101 Å². The molecule has 0 atom stereocenters. The minimum Gasteiger partial charge on any atom is -0.491 e. The highest BCUT2D eigenvalue weighted by molar-refractivity contribution is 9.10. The van der Waals surface area contributed by atoms with Gasteiger partial charge in [-0.3, -0.25) is 0 Å². The molecule has 0 saturated carbocycles. The second-order valence-corrected chi connectivity index (χ2v) is 3.81. The zero-order valence-electron chi connectivity index (χ0n) is 8.82. The number of ether oxygens (including phenoxy) is 1. The Hall–Kier alpha value is -1.56. The van der Waals surface area contributed by atoms with E-state index in [2.05, 4.69) is 31.2 Å². The highest BCUT2D eigenvalue weighted by atomic mass is 79.9. The summed E-state index contributed by atoms with van der Waals surface area (Å²) in [5.74, 6) is 1.80. The van der Waals surface area contributed by atoms with E-state index in [4.69, 9.17) is 9.15 Å². The van der Waals surface area contributed by atoms with Crippen molar-refractivity contribution >= 4 is 21.7 Å². The Bertz CT molecular complexity index is 499. The summed E-state index contributed by atoms with van der Waals surface area (Å²) in [6.45, 7) is 0. The fraction of sp³-hybridized carbons (Fsp3) is 0.200. The van der Waals surface area contributed by atoms with Crippen LogP contribution in [0.5, 0.6) is 5.75 Å². The molecular weight excluding hydrogens is 274 g/mol. The number of halogens is 1. The Balaban J connectivity index is 2.61. The minimum atomic E-state index is 0.556. The lowest BCUT2D eigenvalue weighted by Gasteiger charge is -2.09. The quantitative estimate of drug-likeness (QED) is 0.938. The number of methoxy groups -OCH3 is 1.